The molecule has 48 heavy (non-hydrogen) atoms. The van der Waals surface area contributed by atoms with Crippen LogP contribution in [0.15, 0.2) is 24.3 Å². The summed E-state index contributed by atoms with van der Waals surface area (Å²) in [5.41, 5.74) is 2.10. The predicted octanol–water partition coefficient (Wildman–Crippen LogP) is 6.75. The Hall–Kier alpha value is -3.81. The number of nitrogens with one attached hydrogen (secondary N) is 3. The van der Waals surface area contributed by atoms with Gasteiger partial charge in [0, 0.05) is 42.7 Å². The van der Waals surface area contributed by atoms with E-state index in [1.807, 2.05) is 45.9 Å². The molecule has 6 rings (SSSR count). The number of carbonyl (C=O) groups excluding carboxylic acids is 2. The van der Waals surface area contributed by atoms with E-state index in [0.29, 0.717) is 36.5 Å². The van der Waals surface area contributed by atoms with Gasteiger partial charge in [-0.2, -0.15) is 18.2 Å². The number of aromatic nitrogens is 3. The van der Waals surface area contributed by atoms with E-state index in [4.69, 9.17) is 4.74 Å². The average molecular weight is 677 g/mol. The maximum atomic E-state index is 13.6. The zero-order valence-corrected chi connectivity index (χ0v) is 27.7. The van der Waals surface area contributed by atoms with Crippen molar-refractivity contribution in [2.45, 2.75) is 96.9 Å². The molecule has 2 atom stereocenters. The van der Waals surface area contributed by atoms with Crippen LogP contribution in [0.25, 0.3) is 11.2 Å². The zero-order valence-electron chi connectivity index (χ0n) is 27.7. The number of hydrogen-bond donors (Lipinski definition) is 3. The molecular formula is C34H41F5N6O3. The Morgan fingerprint density at radius 1 is 1.12 bits per heavy atom. The number of amides is 1. The molecule has 3 aliphatic rings. The first-order valence-corrected chi connectivity index (χ1v) is 16.2. The second-order valence-corrected chi connectivity index (χ2v) is 14.7. The number of pyridine rings is 1. The Morgan fingerprint density at radius 2 is 1.83 bits per heavy atom. The third-order valence-corrected chi connectivity index (χ3v) is 10.3. The summed E-state index contributed by atoms with van der Waals surface area (Å²) in [6.45, 7) is 6.81. The van der Waals surface area contributed by atoms with Crippen LogP contribution in [-0.2, 0) is 18.4 Å². The maximum Gasteiger partial charge on any atom is 0.391 e. The Kier molecular flexibility index (Phi) is 8.49. The summed E-state index contributed by atoms with van der Waals surface area (Å²) in [7, 11) is 1.70. The Bertz CT molecular complexity index is 1740. The van der Waals surface area contributed by atoms with Gasteiger partial charge in [-0.05, 0) is 67.7 Å². The molecule has 1 saturated heterocycles. The molecule has 3 fully saturated rings. The zero-order chi connectivity index (χ0) is 34.8. The number of alkyl halides is 5. The topological polar surface area (TPSA) is 120 Å². The molecule has 0 bridgehead atoms. The number of halogens is 5. The molecule has 2 spiro atoms. The standard InChI is InChI=1S/C34H41F5N6O3/c1-18-6-7-19(15-40-29(47)31(2,3)4)12-22(18)41-30-42-23-13-21(28(48-16-26(35)36)43-27(23)45(30)5)24(46)14-25-33(44-25)17-32(33)10-8-20(9-11-32)34(37,38)39/h6-7,12-13,20,25-26,44H,8-11,14-17H2,1-5H3,(H,40,47)(H,41,42). The van der Waals surface area contributed by atoms with Crippen molar-refractivity contribution < 1.29 is 36.3 Å². The summed E-state index contributed by atoms with van der Waals surface area (Å²) in [5.74, 6) is -1.56. The van der Waals surface area contributed by atoms with Crippen LogP contribution in [0, 0.1) is 23.7 Å². The highest BCUT2D eigenvalue weighted by atomic mass is 19.4. The molecule has 3 aromatic rings. The minimum atomic E-state index is -4.19. The van der Waals surface area contributed by atoms with Gasteiger partial charge in [-0.1, -0.05) is 32.9 Å². The fourth-order valence-electron chi connectivity index (χ4n) is 7.24. The van der Waals surface area contributed by atoms with E-state index in [2.05, 4.69) is 25.9 Å². The van der Waals surface area contributed by atoms with Crippen molar-refractivity contribution >= 4 is 34.5 Å². The number of carbonyl (C=O) groups is 2. The van der Waals surface area contributed by atoms with E-state index in [1.165, 1.54) is 6.07 Å². The quantitative estimate of drug-likeness (QED) is 0.123. The van der Waals surface area contributed by atoms with Gasteiger partial charge in [0.1, 0.15) is 5.52 Å². The van der Waals surface area contributed by atoms with Gasteiger partial charge in [0.2, 0.25) is 17.7 Å². The minimum absolute atomic E-state index is 0.0277. The molecule has 1 aromatic carbocycles. The van der Waals surface area contributed by atoms with Gasteiger partial charge in [0.25, 0.3) is 6.43 Å². The number of ketones is 1. The monoisotopic (exact) mass is 676 g/mol. The number of Topliss-reactive ketones (excluding diaryl/α,β-unsaturated/α-hetero) is 1. The lowest BCUT2D eigenvalue weighted by molar-refractivity contribution is -0.184. The van der Waals surface area contributed by atoms with Crippen LogP contribution in [0.4, 0.5) is 33.6 Å². The first-order valence-electron chi connectivity index (χ1n) is 16.2. The van der Waals surface area contributed by atoms with Gasteiger partial charge in [-0.3, -0.25) is 14.2 Å². The van der Waals surface area contributed by atoms with Crippen molar-refractivity contribution in [3.63, 3.8) is 0 Å². The second kappa shape index (κ2) is 12.0. The first-order chi connectivity index (χ1) is 22.4. The van der Waals surface area contributed by atoms with Gasteiger partial charge >= 0.3 is 6.18 Å². The van der Waals surface area contributed by atoms with E-state index in [9.17, 15) is 31.5 Å². The first kappa shape index (κ1) is 34.1. The van der Waals surface area contributed by atoms with Crippen molar-refractivity contribution in [2.75, 3.05) is 11.9 Å². The molecule has 2 unspecified atom stereocenters. The van der Waals surface area contributed by atoms with Crippen molar-refractivity contribution in [1.29, 1.82) is 0 Å². The van der Waals surface area contributed by atoms with Crippen molar-refractivity contribution in [3.05, 3.63) is 41.0 Å². The lowest BCUT2D eigenvalue weighted by Gasteiger charge is -2.30. The molecule has 3 heterocycles. The van der Waals surface area contributed by atoms with Crippen molar-refractivity contribution in [1.82, 2.24) is 25.2 Å². The molecule has 0 radical (unpaired) electrons. The van der Waals surface area contributed by atoms with Crippen LogP contribution in [0.1, 0.15) is 80.8 Å². The van der Waals surface area contributed by atoms with Crippen LogP contribution in [0.5, 0.6) is 5.88 Å². The molecule has 260 valence electrons. The van der Waals surface area contributed by atoms with Gasteiger partial charge in [0.05, 0.1) is 11.5 Å². The number of nitrogens with zero attached hydrogens (tertiary/aromatic N) is 3. The van der Waals surface area contributed by atoms with Crippen LogP contribution in [0.3, 0.4) is 0 Å². The van der Waals surface area contributed by atoms with Crippen LogP contribution in [-0.4, -0.2) is 57.0 Å². The fourth-order valence-corrected chi connectivity index (χ4v) is 7.24. The highest BCUT2D eigenvalue weighted by Crippen LogP contribution is 2.73. The summed E-state index contributed by atoms with van der Waals surface area (Å²) in [6.07, 6.45) is -5.10. The van der Waals surface area contributed by atoms with Crippen molar-refractivity contribution in [2.24, 2.45) is 23.8 Å². The number of imidazole rings is 1. The Balaban J connectivity index is 1.20. The normalized spacial score (nSPS) is 25.1. The molecular weight excluding hydrogens is 635 g/mol. The van der Waals surface area contributed by atoms with Crippen molar-refractivity contribution in [3.8, 4) is 5.88 Å². The van der Waals surface area contributed by atoms with Crippen LogP contribution >= 0.6 is 0 Å². The predicted molar refractivity (Wildman–Crippen MR) is 169 cm³/mol. The number of hydrogen-bond acceptors (Lipinski definition) is 7. The molecule has 1 amide bonds. The van der Waals surface area contributed by atoms with E-state index < -0.39 is 30.5 Å². The largest absolute Gasteiger partial charge is 0.471 e. The highest BCUT2D eigenvalue weighted by molar-refractivity contribution is 6.01. The number of aryl methyl sites for hydroxylation is 2. The molecule has 2 aliphatic carbocycles. The summed E-state index contributed by atoms with van der Waals surface area (Å²) >= 11 is 0. The number of ether oxygens (including phenoxy) is 1. The van der Waals surface area contributed by atoms with E-state index in [1.54, 1.807) is 11.6 Å². The molecule has 9 nitrogen and oxygen atoms in total. The molecule has 2 saturated carbocycles. The van der Waals surface area contributed by atoms with Crippen LogP contribution < -0.4 is 20.7 Å². The number of anilines is 2. The lowest BCUT2D eigenvalue weighted by Crippen LogP contribution is -2.34. The second-order valence-electron chi connectivity index (χ2n) is 14.7. The summed E-state index contributed by atoms with van der Waals surface area (Å²) in [5, 5.41) is 9.60. The molecule has 1 aliphatic heterocycles. The molecule has 3 N–H and O–H groups in total. The highest BCUT2D eigenvalue weighted by Gasteiger charge is 2.79. The van der Waals surface area contributed by atoms with Gasteiger partial charge in [-0.25, -0.2) is 13.8 Å². The molecule has 14 heteroatoms. The van der Waals surface area contributed by atoms with Crippen LogP contribution in [0.2, 0.25) is 0 Å². The molecule has 2 aromatic heterocycles. The average Bonchev–Trinajstić information content (AvgIpc) is 3.83. The third kappa shape index (κ3) is 6.47. The van der Waals surface area contributed by atoms with Gasteiger partial charge in [0.15, 0.2) is 18.0 Å². The maximum absolute atomic E-state index is 13.6. The summed E-state index contributed by atoms with van der Waals surface area (Å²) in [6, 6.07) is 7.01. The number of rotatable bonds is 10. The number of benzene rings is 1. The summed E-state index contributed by atoms with van der Waals surface area (Å²) < 4.78 is 73.0. The summed E-state index contributed by atoms with van der Waals surface area (Å²) in [4.78, 5) is 35.1. The minimum Gasteiger partial charge on any atom is -0.471 e. The Labute approximate surface area is 275 Å². The van der Waals surface area contributed by atoms with E-state index in [0.717, 1.165) is 23.2 Å². The van der Waals surface area contributed by atoms with E-state index >= 15 is 0 Å². The number of fused-ring (bicyclic) bond motifs is 2. The van der Waals surface area contributed by atoms with Gasteiger partial charge < -0.3 is 20.7 Å². The Morgan fingerprint density at radius 3 is 2.48 bits per heavy atom. The lowest BCUT2D eigenvalue weighted by atomic mass is 9.77. The fraction of sp³-hybridized carbons (Fsp3) is 0.588. The smallest absolute Gasteiger partial charge is 0.391 e. The van der Waals surface area contributed by atoms with E-state index in [-0.39, 0.29) is 59.4 Å². The SMILES string of the molecule is Cc1ccc(CNC(=O)C(C)(C)C)cc1Nc1nc2cc(C(=O)CC3NC34CC43CCC(C(F)(F)F)CC3)c(OCC(F)F)nc2n1C. The third-order valence-electron chi connectivity index (χ3n) is 10.3. The van der Waals surface area contributed by atoms with Gasteiger partial charge in [-0.15, -0.1) is 0 Å².